The van der Waals surface area contributed by atoms with E-state index in [1.807, 2.05) is 6.08 Å². The largest absolute Gasteiger partial charge is 0.291 e. The first kappa shape index (κ1) is 9.17. The molecule has 0 spiro atoms. The summed E-state index contributed by atoms with van der Waals surface area (Å²) >= 11 is 0. The van der Waals surface area contributed by atoms with Gasteiger partial charge in [-0.15, -0.1) is 0 Å². The minimum absolute atomic E-state index is 0.0242. The van der Waals surface area contributed by atoms with Crippen LogP contribution >= 0.6 is 0 Å². The van der Waals surface area contributed by atoms with E-state index in [4.69, 9.17) is 0 Å². The van der Waals surface area contributed by atoms with E-state index in [9.17, 15) is 9.59 Å². The smallest absolute Gasteiger partial charge is 0.202 e. The number of allylic oxidation sites excluding steroid dienone is 2. The summed E-state index contributed by atoms with van der Waals surface area (Å²) in [4.78, 5) is 21.9. The maximum atomic E-state index is 11.1. The van der Waals surface area contributed by atoms with Crippen molar-refractivity contribution in [2.75, 3.05) is 0 Å². The first-order valence-electron chi connectivity index (χ1n) is 4.17. The predicted molar refractivity (Wildman–Crippen MR) is 46.8 cm³/mol. The lowest BCUT2D eigenvalue weighted by Crippen LogP contribution is -2.23. The van der Waals surface area contributed by atoms with Crippen molar-refractivity contribution >= 4 is 11.6 Å². The fraction of sp³-hybridized carbons (Fsp3) is 0.600. The molecule has 0 radical (unpaired) electrons. The minimum atomic E-state index is -0.247. The fourth-order valence-corrected chi connectivity index (χ4v) is 1.24. The molecular formula is C10H14O2. The summed E-state index contributed by atoms with van der Waals surface area (Å²) in [5, 5.41) is 0. The Morgan fingerprint density at radius 1 is 1.17 bits per heavy atom. The molecule has 1 aliphatic carbocycles. The van der Waals surface area contributed by atoms with Gasteiger partial charge in [-0.25, -0.2) is 0 Å². The van der Waals surface area contributed by atoms with Crippen LogP contribution in [0, 0.1) is 5.41 Å². The van der Waals surface area contributed by atoms with Gasteiger partial charge in [0, 0.05) is 12.8 Å². The van der Waals surface area contributed by atoms with Gasteiger partial charge in [0.1, 0.15) is 0 Å². The van der Waals surface area contributed by atoms with Crippen molar-refractivity contribution in [1.82, 2.24) is 0 Å². The highest BCUT2D eigenvalue weighted by molar-refractivity contribution is 6.38. The van der Waals surface area contributed by atoms with Crippen LogP contribution in [0.1, 0.15) is 33.6 Å². The average molecular weight is 166 g/mol. The summed E-state index contributed by atoms with van der Waals surface area (Å²) < 4.78 is 0. The Morgan fingerprint density at radius 3 is 2.17 bits per heavy atom. The molecule has 66 valence electrons. The third-order valence-corrected chi connectivity index (χ3v) is 2.16. The van der Waals surface area contributed by atoms with E-state index in [0.717, 1.165) is 5.57 Å². The van der Waals surface area contributed by atoms with Gasteiger partial charge >= 0.3 is 0 Å². The van der Waals surface area contributed by atoms with Crippen LogP contribution in [0.25, 0.3) is 0 Å². The number of hydrogen-bond acceptors (Lipinski definition) is 2. The molecule has 1 rings (SSSR count). The van der Waals surface area contributed by atoms with Crippen molar-refractivity contribution < 1.29 is 9.59 Å². The first-order valence-corrected chi connectivity index (χ1v) is 4.17. The Balaban J connectivity index is 2.84. The molecule has 0 saturated heterocycles. The third-order valence-electron chi connectivity index (χ3n) is 2.16. The third kappa shape index (κ3) is 1.81. The second-order valence-electron chi connectivity index (χ2n) is 4.21. The van der Waals surface area contributed by atoms with Crippen LogP contribution in [0.2, 0.25) is 0 Å². The van der Waals surface area contributed by atoms with E-state index in [-0.39, 0.29) is 17.0 Å². The highest BCUT2D eigenvalue weighted by atomic mass is 16.2. The van der Waals surface area contributed by atoms with Gasteiger partial charge in [-0.05, 0) is 5.41 Å². The Labute approximate surface area is 72.7 Å². The van der Waals surface area contributed by atoms with Gasteiger partial charge in [-0.3, -0.25) is 9.59 Å². The van der Waals surface area contributed by atoms with Gasteiger partial charge in [0.05, 0.1) is 0 Å². The summed E-state index contributed by atoms with van der Waals surface area (Å²) in [7, 11) is 0. The minimum Gasteiger partial charge on any atom is -0.291 e. The summed E-state index contributed by atoms with van der Waals surface area (Å²) in [6.45, 7) is 6.17. The highest BCUT2D eigenvalue weighted by Gasteiger charge is 2.26. The average Bonchev–Trinajstić information content (AvgIpc) is 1.92. The topological polar surface area (TPSA) is 34.1 Å². The monoisotopic (exact) mass is 166 g/mol. The second-order valence-corrected chi connectivity index (χ2v) is 4.21. The number of Topliss-reactive ketones (excluding diaryl/α,β-unsaturated/α-hetero) is 2. The van der Waals surface area contributed by atoms with E-state index >= 15 is 0 Å². The van der Waals surface area contributed by atoms with E-state index in [1.54, 1.807) is 0 Å². The summed E-state index contributed by atoms with van der Waals surface area (Å²) in [5.41, 5.74) is 1.11. The Hall–Kier alpha value is -0.920. The molecule has 0 atom stereocenters. The fourth-order valence-electron chi connectivity index (χ4n) is 1.24. The van der Waals surface area contributed by atoms with Crippen LogP contribution in [-0.4, -0.2) is 11.6 Å². The highest BCUT2D eigenvalue weighted by Crippen LogP contribution is 2.30. The molecule has 0 unspecified atom stereocenters. The second kappa shape index (κ2) is 2.85. The zero-order chi connectivity index (χ0) is 9.35. The Kier molecular flexibility index (Phi) is 2.18. The van der Waals surface area contributed by atoms with Gasteiger partial charge < -0.3 is 0 Å². The maximum Gasteiger partial charge on any atom is 0.202 e. The molecule has 0 aromatic carbocycles. The van der Waals surface area contributed by atoms with Gasteiger partial charge in [0.15, 0.2) is 0 Å². The van der Waals surface area contributed by atoms with E-state index in [2.05, 4.69) is 20.8 Å². The van der Waals surface area contributed by atoms with Crippen LogP contribution in [0.5, 0.6) is 0 Å². The molecular weight excluding hydrogens is 152 g/mol. The van der Waals surface area contributed by atoms with Crippen LogP contribution in [0.4, 0.5) is 0 Å². The van der Waals surface area contributed by atoms with Gasteiger partial charge in [-0.1, -0.05) is 32.4 Å². The maximum absolute atomic E-state index is 11.1. The number of carbonyl (C=O) groups excluding carboxylic acids is 2. The molecule has 2 heteroatoms. The van der Waals surface area contributed by atoms with E-state index < -0.39 is 0 Å². The lowest BCUT2D eigenvalue weighted by atomic mass is 9.80. The standard InChI is InChI=1S/C10H14O2/c1-10(2,3)7-4-5-8(11)9(12)6-7/h4H,5-6H2,1-3H3. The molecule has 2 nitrogen and oxygen atoms in total. The molecule has 0 N–H and O–H groups in total. The normalized spacial score (nSPS) is 19.4. The van der Waals surface area contributed by atoms with Crippen LogP contribution in [-0.2, 0) is 9.59 Å². The van der Waals surface area contributed by atoms with Gasteiger partial charge in [0.25, 0.3) is 0 Å². The molecule has 0 saturated carbocycles. The van der Waals surface area contributed by atoms with E-state index in [0.29, 0.717) is 12.8 Å². The van der Waals surface area contributed by atoms with Crippen LogP contribution in [0.15, 0.2) is 11.6 Å². The zero-order valence-electron chi connectivity index (χ0n) is 7.81. The molecule has 12 heavy (non-hydrogen) atoms. The lowest BCUT2D eigenvalue weighted by Gasteiger charge is -2.24. The van der Waals surface area contributed by atoms with Crippen molar-refractivity contribution in [3.8, 4) is 0 Å². The summed E-state index contributed by atoms with van der Waals surface area (Å²) in [5.74, 6) is -0.481. The molecule has 0 heterocycles. The molecule has 1 aliphatic rings. The Morgan fingerprint density at radius 2 is 1.75 bits per heavy atom. The first-order chi connectivity index (χ1) is 5.41. The van der Waals surface area contributed by atoms with Crippen LogP contribution < -0.4 is 0 Å². The number of hydrogen-bond donors (Lipinski definition) is 0. The number of carbonyl (C=O) groups is 2. The number of ketones is 2. The van der Waals surface area contributed by atoms with Crippen LogP contribution in [0.3, 0.4) is 0 Å². The van der Waals surface area contributed by atoms with E-state index in [1.165, 1.54) is 0 Å². The van der Waals surface area contributed by atoms with Gasteiger partial charge in [0.2, 0.25) is 11.6 Å². The summed E-state index contributed by atoms with van der Waals surface area (Å²) in [6.07, 6.45) is 2.51. The van der Waals surface area contributed by atoms with Gasteiger partial charge in [-0.2, -0.15) is 0 Å². The summed E-state index contributed by atoms with van der Waals surface area (Å²) in [6, 6.07) is 0. The lowest BCUT2D eigenvalue weighted by molar-refractivity contribution is -0.136. The molecule has 0 fully saturated rings. The molecule has 0 aliphatic heterocycles. The Bertz CT molecular complexity index is 254. The van der Waals surface area contributed by atoms with Crippen molar-refractivity contribution in [3.63, 3.8) is 0 Å². The van der Waals surface area contributed by atoms with Crippen molar-refractivity contribution in [1.29, 1.82) is 0 Å². The SMILES string of the molecule is CC(C)(C)C1=CCC(=O)C(=O)C1. The molecule has 0 aromatic heterocycles. The zero-order valence-corrected chi connectivity index (χ0v) is 7.81. The van der Waals surface area contributed by atoms with Crippen molar-refractivity contribution in [2.45, 2.75) is 33.6 Å². The number of rotatable bonds is 0. The quantitative estimate of drug-likeness (QED) is 0.407. The molecule has 0 bridgehead atoms. The van der Waals surface area contributed by atoms with Crippen molar-refractivity contribution in [3.05, 3.63) is 11.6 Å². The predicted octanol–water partition coefficient (Wildman–Crippen LogP) is 1.89. The molecule has 0 aromatic rings. The van der Waals surface area contributed by atoms with Crippen molar-refractivity contribution in [2.24, 2.45) is 5.41 Å². The molecule has 0 amide bonds.